The Morgan fingerprint density at radius 2 is 1.58 bits per heavy atom. The van der Waals surface area contributed by atoms with E-state index in [1.165, 1.54) is 32.1 Å². The third kappa shape index (κ3) is 3.79. The number of carbonyl (C=O) groups is 2. The van der Waals surface area contributed by atoms with Crippen LogP contribution < -0.4 is 10.6 Å². The van der Waals surface area contributed by atoms with Gasteiger partial charge in [0.1, 0.15) is 5.60 Å². The van der Waals surface area contributed by atoms with Gasteiger partial charge in [-0.2, -0.15) is 0 Å². The second-order valence-electron chi connectivity index (χ2n) is 9.98. The van der Waals surface area contributed by atoms with Crippen molar-refractivity contribution in [2.75, 3.05) is 13.1 Å². The third-order valence-corrected chi connectivity index (χ3v) is 6.71. The van der Waals surface area contributed by atoms with Crippen LogP contribution in [0.1, 0.15) is 59.3 Å². The highest BCUT2D eigenvalue weighted by atomic mass is 16.6. The van der Waals surface area contributed by atoms with Gasteiger partial charge < -0.3 is 20.3 Å². The Labute approximate surface area is 156 Å². The molecule has 26 heavy (non-hydrogen) atoms. The second kappa shape index (κ2) is 6.61. The summed E-state index contributed by atoms with van der Waals surface area (Å²) in [7, 11) is 0. The van der Waals surface area contributed by atoms with Gasteiger partial charge in [0.25, 0.3) is 0 Å². The zero-order chi connectivity index (χ0) is 18.5. The predicted octanol–water partition coefficient (Wildman–Crippen LogP) is 3.12. The Hall–Kier alpha value is -1.46. The van der Waals surface area contributed by atoms with Crippen LogP contribution in [0.5, 0.6) is 0 Å². The average Bonchev–Trinajstić information content (AvgIpc) is 2.96. The number of ether oxygens (including phenoxy) is 1. The van der Waals surface area contributed by atoms with Crippen LogP contribution in [0, 0.1) is 23.7 Å². The van der Waals surface area contributed by atoms with Crippen LogP contribution in [0.15, 0.2) is 0 Å². The maximum Gasteiger partial charge on any atom is 0.407 e. The summed E-state index contributed by atoms with van der Waals surface area (Å²) < 4.78 is 5.31. The number of nitrogens with zero attached hydrogens (tertiary/aromatic N) is 1. The van der Waals surface area contributed by atoms with Crippen molar-refractivity contribution in [1.82, 2.24) is 15.5 Å². The molecule has 5 rings (SSSR count). The molecule has 3 amide bonds. The Balaban J connectivity index is 1.27. The first-order valence-electron chi connectivity index (χ1n) is 10.3. The summed E-state index contributed by atoms with van der Waals surface area (Å²) in [6.07, 6.45) is 7.04. The van der Waals surface area contributed by atoms with Crippen molar-refractivity contribution in [2.45, 2.75) is 77.0 Å². The average molecular weight is 364 g/mol. The standard InChI is InChI=1S/C20H33N3O3/c1-20(2,3)26-19(25)21-16-4-5-23(11-16)18(24)22-17-14-7-12-6-13(9-14)10-15(17)8-12/h12-17H,4-11H2,1-3H3,(H,21,25)(H,22,24). The van der Waals surface area contributed by atoms with E-state index >= 15 is 0 Å². The summed E-state index contributed by atoms with van der Waals surface area (Å²) in [4.78, 5) is 26.5. The quantitative estimate of drug-likeness (QED) is 0.792. The van der Waals surface area contributed by atoms with Crippen molar-refractivity contribution >= 4 is 12.1 Å². The van der Waals surface area contributed by atoms with Crippen molar-refractivity contribution in [3.8, 4) is 0 Å². The van der Waals surface area contributed by atoms with Gasteiger partial charge in [0, 0.05) is 19.1 Å². The molecule has 1 saturated heterocycles. The molecule has 1 heterocycles. The van der Waals surface area contributed by atoms with Crippen molar-refractivity contribution in [2.24, 2.45) is 23.7 Å². The first-order valence-corrected chi connectivity index (χ1v) is 10.3. The zero-order valence-corrected chi connectivity index (χ0v) is 16.3. The van der Waals surface area contributed by atoms with Crippen molar-refractivity contribution in [3.05, 3.63) is 0 Å². The van der Waals surface area contributed by atoms with E-state index in [2.05, 4.69) is 10.6 Å². The van der Waals surface area contributed by atoms with Crippen LogP contribution in [-0.4, -0.2) is 47.8 Å². The lowest BCUT2D eigenvalue weighted by Crippen LogP contribution is -2.58. The van der Waals surface area contributed by atoms with Gasteiger partial charge in [-0.1, -0.05) is 0 Å². The van der Waals surface area contributed by atoms with E-state index in [0.717, 1.165) is 18.3 Å². The molecule has 0 aromatic rings. The summed E-state index contributed by atoms with van der Waals surface area (Å²) in [6, 6.07) is 0.401. The van der Waals surface area contributed by atoms with Crippen LogP contribution >= 0.6 is 0 Å². The molecule has 6 nitrogen and oxygen atoms in total. The molecule has 5 fully saturated rings. The van der Waals surface area contributed by atoms with Crippen LogP contribution in [0.3, 0.4) is 0 Å². The van der Waals surface area contributed by atoms with Crippen molar-refractivity contribution in [3.63, 3.8) is 0 Å². The topological polar surface area (TPSA) is 70.7 Å². The molecule has 6 heteroatoms. The minimum Gasteiger partial charge on any atom is -0.444 e. The van der Waals surface area contributed by atoms with Gasteiger partial charge in [-0.05, 0) is 83.0 Å². The minimum atomic E-state index is -0.501. The number of alkyl carbamates (subject to hydrolysis) is 1. The summed E-state index contributed by atoms with van der Waals surface area (Å²) >= 11 is 0. The molecule has 0 spiro atoms. The van der Waals surface area contributed by atoms with Crippen molar-refractivity contribution in [1.29, 1.82) is 0 Å². The number of carbonyl (C=O) groups excluding carboxylic acids is 2. The molecule has 4 saturated carbocycles. The Morgan fingerprint density at radius 3 is 2.15 bits per heavy atom. The highest BCUT2D eigenvalue weighted by Gasteiger charge is 2.49. The van der Waals surface area contributed by atoms with Gasteiger partial charge in [-0.3, -0.25) is 0 Å². The molecule has 1 unspecified atom stereocenters. The molecule has 0 aromatic heterocycles. The van der Waals surface area contributed by atoms with E-state index in [-0.39, 0.29) is 12.1 Å². The molecule has 146 valence electrons. The first-order chi connectivity index (χ1) is 12.3. The smallest absolute Gasteiger partial charge is 0.407 e. The molecule has 2 N–H and O–H groups in total. The molecule has 1 atom stereocenters. The van der Waals surface area contributed by atoms with Gasteiger partial charge >= 0.3 is 12.1 Å². The number of nitrogens with one attached hydrogen (secondary N) is 2. The molecular formula is C20H33N3O3. The molecule has 0 aromatic carbocycles. The molecule has 5 aliphatic rings. The number of hydrogen-bond donors (Lipinski definition) is 2. The number of urea groups is 1. The highest BCUT2D eigenvalue weighted by molar-refractivity contribution is 5.75. The van der Waals surface area contributed by atoms with Crippen LogP contribution in [-0.2, 0) is 4.74 Å². The Morgan fingerprint density at radius 1 is 0.962 bits per heavy atom. The molecule has 0 radical (unpaired) electrons. The fourth-order valence-corrected chi connectivity index (χ4v) is 5.93. The number of rotatable bonds is 2. The Kier molecular flexibility index (Phi) is 4.56. The summed E-state index contributed by atoms with van der Waals surface area (Å²) in [5.41, 5.74) is -0.501. The molecule has 4 aliphatic carbocycles. The lowest BCUT2D eigenvalue weighted by Gasteiger charge is -2.54. The fraction of sp³-hybridized carbons (Fsp3) is 0.900. The van der Waals surface area contributed by atoms with E-state index in [0.29, 0.717) is 31.0 Å². The molecule has 1 aliphatic heterocycles. The lowest BCUT2D eigenvalue weighted by molar-refractivity contribution is -0.0107. The zero-order valence-electron chi connectivity index (χ0n) is 16.3. The lowest BCUT2D eigenvalue weighted by atomic mass is 9.54. The van der Waals surface area contributed by atoms with Crippen LogP contribution in [0.2, 0.25) is 0 Å². The van der Waals surface area contributed by atoms with Crippen LogP contribution in [0.4, 0.5) is 9.59 Å². The number of likely N-dealkylation sites (tertiary alicyclic amines) is 1. The number of hydrogen-bond acceptors (Lipinski definition) is 3. The van der Waals surface area contributed by atoms with E-state index in [1.807, 2.05) is 25.7 Å². The van der Waals surface area contributed by atoms with Gasteiger partial charge in [0.15, 0.2) is 0 Å². The normalized spacial score (nSPS) is 38.3. The van der Waals surface area contributed by atoms with Gasteiger partial charge in [-0.25, -0.2) is 9.59 Å². The first kappa shape index (κ1) is 17.9. The molecule has 4 bridgehead atoms. The predicted molar refractivity (Wildman–Crippen MR) is 98.7 cm³/mol. The maximum absolute atomic E-state index is 12.8. The van der Waals surface area contributed by atoms with Gasteiger partial charge in [0.2, 0.25) is 0 Å². The van der Waals surface area contributed by atoms with E-state index < -0.39 is 11.7 Å². The largest absolute Gasteiger partial charge is 0.444 e. The van der Waals surface area contributed by atoms with E-state index in [1.54, 1.807) is 0 Å². The number of amides is 3. The van der Waals surface area contributed by atoms with E-state index in [4.69, 9.17) is 4.74 Å². The third-order valence-electron chi connectivity index (χ3n) is 6.71. The molecular weight excluding hydrogens is 330 g/mol. The minimum absolute atomic E-state index is 0.0194. The van der Waals surface area contributed by atoms with Crippen LogP contribution in [0.25, 0.3) is 0 Å². The monoisotopic (exact) mass is 363 g/mol. The summed E-state index contributed by atoms with van der Waals surface area (Å²) in [5, 5.41) is 6.25. The Bertz CT molecular complexity index is 543. The maximum atomic E-state index is 12.8. The van der Waals surface area contributed by atoms with Crippen molar-refractivity contribution < 1.29 is 14.3 Å². The SMILES string of the molecule is CC(C)(C)OC(=O)NC1CCN(C(=O)NC2C3CC4CC(C3)CC2C4)C1. The second-order valence-corrected chi connectivity index (χ2v) is 9.98. The summed E-state index contributed by atoms with van der Waals surface area (Å²) in [5.74, 6) is 3.21. The van der Waals surface area contributed by atoms with Gasteiger partial charge in [0.05, 0.1) is 6.04 Å². The van der Waals surface area contributed by atoms with E-state index in [9.17, 15) is 9.59 Å². The fourth-order valence-electron chi connectivity index (χ4n) is 5.93. The summed E-state index contributed by atoms with van der Waals surface area (Å²) in [6.45, 7) is 6.82. The highest BCUT2D eigenvalue weighted by Crippen LogP contribution is 2.53. The van der Waals surface area contributed by atoms with Gasteiger partial charge in [-0.15, -0.1) is 0 Å².